The van der Waals surface area contributed by atoms with Gasteiger partial charge >= 0.3 is 0 Å². The molecule has 1 aromatic carbocycles. The van der Waals surface area contributed by atoms with Crippen molar-refractivity contribution in [2.75, 3.05) is 5.43 Å². The molecule has 5 rings (SSSR count). The first-order valence-electron chi connectivity index (χ1n) is 9.44. The number of benzene rings is 1. The number of aromatic nitrogens is 4. The minimum absolute atomic E-state index is 0.0830. The number of thiophene rings is 1. The number of H-pyrrole nitrogens is 1. The van der Waals surface area contributed by atoms with Crippen LogP contribution in [0.1, 0.15) is 35.5 Å². The fourth-order valence-electron chi connectivity index (χ4n) is 3.80. The highest BCUT2D eigenvalue weighted by Crippen LogP contribution is 2.33. The maximum Gasteiger partial charge on any atom is 0.259 e. The van der Waals surface area contributed by atoms with Crippen molar-refractivity contribution in [2.24, 2.45) is 0 Å². The Morgan fingerprint density at radius 2 is 2.11 bits per heavy atom. The lowest BCUT2D eigenvalue weighted by Crippen LogP contribution is -2.23. The summed E-state index contributed by atoms with van der Waals surface area (Å²) in [5.74, 6) is 0.401. The minimum atomic E-state index is -0.156. The lowest BCUT2D eigenvalue weighted by Gasteiger charge is -2.09. The highest BCUT2D eigenvalue weighted by Gasteiger charge is 2.20. The second-order valence-corrected chi connectivity index (χ2v) is 8.13. The molecule has 2 N–H and O–H groups in total. The number of aromatic amines is 1. The van der Waals surface area contributed by atoms with E-state index >= 15 is 0 Å². The first kappa shape index (κ1) is 17.1. The maximum atomic E-state index is 12.6. The van der Waals surface area contributed by atoms with E-state index in [1.807, 2.05) is 24.3 Å². The molecule has 0 atom stereocenters. The second-order valence-electron chi connectivity index (χ2n) is 7.04. The molecule has 0 radical (unpaired) electrons. The van der Waals surface area contributed by atoms with Gasteiger partial charge in [-0.25, -0.2) is 14.6 Å². The number of hydrogen-bond acceptors (Lipinski definition) is 5. The van der Waals surface area contributed by atoms with Gasteiger partial charge in [0.1, 0.15) is 17.0 Å². The molecule has 0 aliphatic heterocycles. The summed E-state index contributed by atoms with van der Waals surface area (Å²) < 4.78 is 1.62. The molecule has 0 saturated carbocycles. The molecule has 3 aromatic heterocycles. The molecule has 1 aliphatic rings. The van der Waals surface area contributed by atoms with Crippen LogP contribution in [0.3, 0.4) is 0 Å². The van der Waals surface area contributed by atoms with Crippen LogP contribution < -0.4 is 11.0 Å². The molecule has 28 heavy (non-hydrogen) atoms. The van der Waals surface area contributed by atoms with E-state index in [0.29, 0.717) is 12.2 Å². The first-order chi connectivity index (χ1) is 13.7. The molecule has 1 amide bonds. The van der Waals surface area contributed by atoms with Gasteiger partial charge < -0.3 is 4.98 Å². The summed E-state index contributed by atoms with van der Waals surface area (Å²) in [5.41, 5.74) is 5.58. The number of amides is 1. The Morgan fingerprint density at radius 1 is 1.25 bits per heavy atom. The van der Waals surface area contributed by atoms with E-state index < -0.39 is 0 Å². The molecule has 0 saturated heterocycles. The number of para-hydroxylation sites is 2. The fourth-order valence-corrected chi connectivity index (χ4v) is 5.08. The predicted molar refractivity (Wildman–Crippen MR) is 109 cm³/mol. The van der Waals surface area contributed by atoms with E-state index in [-0.39, 0.29) is 17.9 Å². The Balaban J connectivity index is 1.33. The van der Waals surface area contributed by atoms with Gasteiger partial charge in [0.25, 0.3) is 5.56 Å². The molecule has 8 heteroatoms. The van der Waals surface area contributed by atoms with Gasteiger partial charge in [-0.15, -0.1) is 11.3 Å². The number of carbonyl (C=O) groups excluding carboxylic acids is 1. The standard InChI is InChI=1S/C20H19N5O2S/c26-17(24-25-11-21-13-6-2-3-7-14(13)25)10-9-16-22-19(27)18-12-5-1-4-8-15(12)28-20(18)23-16/h2-3,6-7,11H,1,4-5,8-10H2,(H,24,26)(H,22,23,27). The molecular formula is C20H19N5O2S. The fraction of sp³-hybridized carbons (Fsp3) is 0.300. The number of hydrogen-bond donors (Lipinski definition) is 2. The Bertz CT molecular complexity index is 1250. The monoisotopic (exact) mass is 393 g/mol. The smallest absolute Gasteiger partial charge is 0.259 e. The average molecular weight is 393 g/mol. The maximum absolute atomic E-state index is 12.6. The topological polar surface area (TPSA) is 92.7 Å². The van der Waals surface area contributed by atoms with E-state index in [0.717, 1.165) is 40.5 Å². The van der Waals surface area contributed by atoms with Gasteiger partial charge in [-0.1, -0.05) is 12.1 Å². The van der Waals surface area contributed by atoms with Gasteiger partial charge in [-0.2, -0.15) is 0 Å². The molecule has 4 aromatic rings. The number of rotatable bonds is 4. The van der Waals surface area contributed by atoms with E-state index in [2.05, 4.69) is 20.4 Å². The minimum Gasteiger partial charge on any atom is -0.310 e. The number of nitrogens with zero attached hydrogens (tertiary/aromatic N) is 3. The molecule has 7 nitrogen and oxygen atoms in total. The summed E-state index contributed by atoms with van der Waals surface area (Å²) in [4.78, 5) is 38.8. The Labute approximate surface area is 164 Å². The third-order valence-corrected chi connectivity index (χ3v) is 6.35. The van der Waals surface area contributed by atoms with Crippen LogP contribution in [0, 0.1) is 0 Å². The third-order valence-electron chi connectivity index (χ3n) is 5.16. The lowest BCUT2D eigenvalue weighted by atomic mass is 9.97. The Hall–Kier alpha value is -3.00. The number of fused-ring (bicyclic) bond motifs is 4. The van der Waals surface area contributed by atoms with Crippen molar-refractivity contribution in [3.05, 3.63) is 57.2 Å². The van der Waals surface area contributed by atoms with E-state index in [9.17, 15) is 9.59 Å². The van der Waals surface area contributed by atoms with Crippen LogP contribution in [0.5, 0.6) is 0 Å². The third kappa shape index (κ3) is 2.99. The number of nitrogens with one attached hydrogen (secondary N) is 2. The number of imidazole rings is 1. The van der Waals surface area contributed by atoms with Crippen LogP contribution in [0.15, 0.2) is 35.4 Å². The van der Waals surface area contributed by atoms with E-state index in [1.54, 1.807) is 22.3 Å². The van der Waals surface area contributed by atoms with Crippen molar-refractivity contribution in [2.45, 2.75) is 38.5 Å². The van der Waals surface area contributed by atoms with E-state index in [1.165, 1.54) is 16.9 Å². The molecule has 0 unspecified atom stereocenters. The van der Waals surface area contributed by atoms with Gasteiger partial charge in [-0.3, -0.25) is 15.0 Å². The van der Waals surface area contributed by atoms with E-state index in [4.69, 9.17) is 0 Å². The summed E-state index contributed by atoms with van der Waals surface area (Å²) >= 11 is 1.62. The van der Waals surface area contributed by atoms with Crippen LogP contribution >= 0.6 is 11.3 Å². The molecule has 3 heterocycles. The summed E-state index contributed by atoms with van der Waals surface area (Å²) in [6.07, 6.45) is 6.49. The Morgan fingerprint density at radius 3 is 3.04 bits per heavy atom. The van der Waals surface area contributed by atoms with Crippen molar-refractivity contribution in [1.82, 2.24) is 19.6 Å². The summed E-state index contributed by atoms with van der Waals surface area (Å²) in [7, 11) is 0. The number of aryl methyl sites for hydroxylation is 3. The zero-order valence-corrected chi connectivity index (χ0v) is 16.0. The molecule has 0 bridgehead atoms. The zero-order chi connectivity index (χ0) is 19.1. The van der Waals surface area contributed by atoms with Gasteiger partial charge in [0, 0.05) is 17.7 Å². The van der Waals surface area contributed by atoms with Crippen LogP contribution in [-0.4, -0.2) is 25.5 Å². The average Bonchev–Trinajstić information content (AvgIpc) is 3.28. The normalized spacial score (nSPS) is 13.7. The molecule has 1 aliphatic carbocycles. The quantitative estimate of drug-likeness (QED) is 0.558. The predicted octanol–water partition coefficient (Wildman–Crippen LogP) is 2.92. The van der Waals surface area contributed by atoms with Crippen molar-refractivity contribution in [1.29, 1.82) is 0 Å². The SMILES string of the molecule is O=C(CCc1nc2sc3c(c2c(=O)[nH]1)CCCC3)Nn1cnc2ccccc21. The van der Waals surface area contributed by atoms with Crippen molar-refractivity contribution in [3.8, 4) is 0 Å². The molecular weight excluding hydrogens is 374 g/mol. The second kappa shape index (κ2) is 6.87. The summed E-state index contributed by atoms with van der Waals surface area (Å²) in [5, 5.41) is 0.748. The van der Waals surface area contributed by atoms with Crippen molar-refractivity contribution >= 4 is 38.5 Å². The summed E-state index contributed by atoms with van der Waals surface area (Å²) in [6, 6.07) is 7.59. The van der Waals surface area contributed by atoms with Crippen LogP contribution in [-0.2, 0) is 24.1 Å². The number of carbonyl (C=O) groups is 1. The zero-order valence-electron chi connectivity index (χ0n) is 15.2. The van der Waals surface area contributed by atoms with Gasteiger partial charge in [0.05, 0.1) is 16.4 Å². The van der Waals surface area contributed by atoms with Crippen LogP contribution in [0.2, 0.25) is 0 Å². The molecule has 0 fully saturated rings. The highest BCUT2D eigenvalue weighted by atomic mass is 32.1. The van der Waals surface area contributed by atoms with Crippen molar-refractivity contribution < 1.29 is 4.79 Å². The van der Waals surface area contributed by atoms with Gasteiger partial charge in [0.15, 0.2) is 0 Å². The molecule has 0 spiro atoms. The first-order valence-corrected chi connectivity index (χ1v) is 10.3. The van der Waals surface area contributed by atoms with Crippen LogP contribution in [0.25, 0.3) is 21.3 Å². The van der Waals surface area contributed by atoms with Gasteiger partial charge in [-0.05, 0) is 43.4 Å². The lowest BCUT2D eigenvalue weighted by molar-refractivity contribution is -0.117. The highest BCUT2D eigenvalue weighted by molar-refractivity contribution is 7.18. The van der Waals surface area contributed by atoms with Crippen molar-refractivity contribution in [3.63, 3.8) is 0 Å². The van der Waals surface area contributed by atoms with Gasteiger partial charge in [0.2, 0.25) is 5.91 Å². The Kier molecular flexibility index (Phi) is 4.20. The summed E-state index contributed by atoms with van der Waals surface area (Å²) in [6.45, 7) is 0. The molecule has 142 valence electrons. The largest absolute Gasteiger partial charge is 0.310 e. The van der Waals surface area contributed by atoms with Crippen LogP contribution in [0.4, 0.5) is 0 Å².